The third kappa shape index (κ3) is 4.57. The van der Waals surface area contributed by atoms with Gasteiger partial charge in [-0.3, -0.25) is 0 Å². The van der Waals surface area contributed by atoms with Gasteiger partial charge in [-0.15, -0.1) is 0 Å². The van der Waals surface area contributed by atoms with Crippen LogP contribution >= 0.6 is 0 Å². The van der Waals surface area contributed by atoms with E-state index >= 15 is 0 Å². The first kappa shape index (κ1) is 22.4. The van der Waals surface area contributed by atoms with Gasteiger partial charge in [-0.1, -0.05) is 19.1 Å². The number of alkyl halides is 3. The van der Waals surface area contributed by atoms with Gasteiger partial charge in [-0.05, 0) is 50.3 Å². The summed E-state index contributed by atoms with van der Waals surface area (Å²) in [4.78, 5) is -0.496. The van der Waals surface area contributed by atoms with Crippen molar-refractivity contribution in [2.45, 2.75) is 54.5 Å². The van der Waals surface area contributed by atoms with Crippen LogP contribution in [0.25, 0.3) is 0 Å². The number of nitriles is 1. The van der Waals surface area contributed by atoms with Gasteiger partial charge in [0.2, 0.25) is 0 Å². The number of benzene rings is 1. The minimum absolute atomic E-state index is 0.0160. The summed E-state index contributed by atoms with van der Waals surface area (Å²) in [6, 6.07) is 7.20. The molecule has 0 heterocycles. The first-order valence-corrected chi connectivity index (χ1v) is 10.9. The largest absolute Gasteiger partial charge is 0.498 e. The highest BCUT2D eigenvalue weighted by Crippen LogP contribution is 2.33. The molecule has 0 aliphatic heterocycles. The molecule has 26 heavy (non-hydrogen) atoms. The molecule has 0 aliphatic rings. The van der Waals surface area contributed by atoms with Gasteiger partial charge < -0.3 is 0 Å². The predicted octanol–water partition coefficient (Wildman–Crippen LogP) is 3.78. The van der Waals surface area contributed by atoms with Gasteiger partial charge in [0.25, 0.3) is 9.84 Å². The van der Waals surface area contributed by atoms with E-state index in [9.17, 15) is 30.0 Å². The summed E-state index contributed by atoms with van der Waals surface area (Å²) < 4.78 is 82.6. The first-order valence-electron chi connectivity index (χ1n) is 7.82. The second-order valence-corrected chi connectivity index (χ2v) is 10.9. The SMILES string of the molecule is CCC(CC(C)C#N)c1ccc(S(=O)(=O)C(C)S(=O)(=O)C(F)(F)F)cc1. The molecular weight excluding hydrogens is 391 g/mol. The Morgan fingerprint density at radius 2 is 1.58 bits per heavy atom. The molecule has 10 heteroatoms. The average Bonchev–Trinajstić information content (AvgIpc) is 2.57. The van der Waals surface area contributed by atoms with E-state index in [2.05, 4.69) is 6.07 Å². The van der Waals surface area contributed by atoms with Crippen LogP contribution in [0.5, 0.6) is 0 Å². The van der Waals surface area contributed by atoms with Crippen LogP contribution in [-0.4, -0.2) is 26.9 Å². The zero-order chi connectivity index (χ0) is 20.3. The zero-order valence-electron chi connectivity index (χ0n) is 14.5. The lowest BCUT2D eigenvalue weighted by molar-refractivity contribution is -0.0437. The van der Waals surface area contributed by atoms with E-state index in [-0.39, 0.29) is 11.8 Å². The summed E-state index contributed by atoms with van der Waals surface area (Å²) >= 11 is 0. The standard InChI is InChI=1S/C16H20F3NO4S2/c1-4-13(9-11(2)10-20)14-5-7-15(8-6-14)25(21,22)12(3)26(23,24)16(17,18)19/h5-8,11-13H,4,9H2,1-3H3. The monoisotopic (exact) mass is 411 g/mol. The Hall–Kier alpha value is -1.60. The van der Waals surface area contributed by atoms with Crippen molar-refractivity contribution in [1.82, 2.24) is 0 Å². The van der Waals surface area contributed by atoms with E-state index in [0.717, 1.165) is 17.7 Å². The quantitative estimate of drug-likeness (QED) is 0.681. The maximum absolute atomic E-state index is 12.6. The smallest absolute Gasteiger partial charge is 0.222 e. The fourth-order valence-electron chi connectivity index (χ4n) is 2.49. The normalized spacial score (nSPS) is 16.5. The molecule has 0 amide bonds. The van der Waals surface area contributed by atoms with E-state index in [1.807, 2.05) is 6.92 Å². The summed E-state index contributed by atoms with van der Waals surface area (Å²) in [6.07, 6.45) is 1.24. The lowest BCUT2D eigenvalue weighted by Crippen LogP contribution is -2.37. The molecule has 146 valence electrons. The molecule has 0 saturated heterocycles. The second kappa shape index (κ2) is 7.96. The van der Waals surface area contributed by atoms with E-state index in [1.54, 1.807) is 6.92 Å². The molecule has 0 spiro atoms. The Labute approximate surface area is 151 Å². The van der Waals surface area contributed by atoms with Crippen LogP contribution < -0.4 is 0 Å². The number of hydrogen-bond acceptors (Lipinski definition) is 5. The number of sulfone groups is 2. The van der Waals surface area contributed by atoms with E-state index in [1.165, 1.54) is 12.1 Å². The maximum atomic E-state index is 12.6. The maximum Gasteiger partial charge on any atom is 0.498 e. The molecule has 0 fully saturated rings. The number of halogens is 3. The van der Waals surface area contributed by atoms with Gasteiger partial charge in [0.15, 0.2) is 14.4 Å². The third-order valence-electron chi connectivity index (χ3n) is 4.23. The topological polar surface area (TPSA) is 92.1 Å². The number of hydrogen-bond donors (Lipinski definition) is 0. The molecule has 0 radical (unpaired) electrons. The lowest BCUT2D eigenvalue weighted by atomic mass is 9.88. The molecule has 1 rings (SSSR count). The van der Waals surface area contributed by atoms with Gasteiger partial charge in [-0.25, -0.2) is 16.8 Å². The van der Waals surface area contributed by atoms with Crippen molar-refractivity contribution in [3.63, 3.8) is 0 Å². The molecule has 0 aromatic heterocycles. The molecule has 1 aromatic rings. The van der Waals surface area contributed by atoms with E-state index in [0.29, 0.717) is 19.8 Å². The minimum Gasteiger partial charge on any atom is -0.222 e. The Kier molecular flexibility index (Phi) is 6.87. The van der Waals surface area contributed by atoms with Crippen LogP contribution in [-0.2, 0) is 19.7 Å². The fourth-order valence-corrected chi connectivity index (χ4v) is 5.76. The summed E-state index contributed by atoms with van der Waals surface area (Å²) in [5, 5.41) is 8.90. The summed E-state index contributed by atoms with van der Waals surface area (Å²) in [5.41, 5.74) is -4.92. The molecule has 5 nitrogen and oxygen atoms in total. The van der Waals surface area contributed by atoms with Crippen molar-refractivity contribution in [2.24, 2.45) is 5.92 Å². The van der Waals surface area contributed by atoms with Crippen molar-refractivity contribution in [3.05, 3.63) is 29.8 Å². The molecular formula is C16H20F3NO4S2. The van der Waals surface area contributed by atoms with E-state index < -0.39 is 34.7 Å². The summed E-state index contributed by atoms with van der Waals surface area (Å²) in [6.45, 7) is 4.16. The molecule has 0 N–H and O–H groups in total. The average molecular weight is 411 g/mol. The van der Waals surface area contributed by atoms with Gasteiger partial charge in [0.1, 0.15) is 0 Å². The van der Waals surface area contributed by atoms with Crippen LogP contribution in [0, 0.1) is 17.2 Å². The van der Waals surface area contributed by atoms with Crippen LogP contribution in [0.15, 0.2) is 29.2 Å². The van der Waals surface area contributed by atoms with Crippen LogP contribution in [0.1, 0.15) is 45.1 Å². The molecule has 3 atom stereocenters. The van der Waals surface area contributed by atoms with Crippen molar-refractivity contribution < 1.29 is 30.0 Å². The van der Waals surface area contributed by atoms with Crippen molar-refractivity contribution in [1.29, 1.82) is 5.26 Å². The van der Waals surface area contributed by atoms with Crippen molar-refractivity contribution in [2.75, 3.05) is 0 Å². The summed E-state index contributed by atoms with van der Waals surface area (Å²) in [7, 11) is -10.6. The van der Waals surface area contributed by atoms with Gasteiger partial charge in [0, 0.05) is 5.92 Å². The highest BCUT2D eigenvalue weighted by atomic mass is 32.3. The van der Waals surface area contributed by atoms with Crippen molar-refractivity contribution in [3.8, 4) is 6.07 Å². The highest BCUT2D eigenvalue weighted by molar-refractivity contribution is 8.09. The Bertz CT molecular complexity index is 870. The van der Waals surface area contributed by atoms with Gasteiger partial charge in [-0.2, -0.15) is 18.4 Å². The minimum atomic E-state index is -5.86. The fraction of sp³-hybridized carbons (Fsp3) is 0.562. The van der Waals surface area contributed by atoms with Crippen LogP contribution in [0.3, 0.4) is 0 Å². The molecule has 0 saturated carbocycles. The number of nitrogens with zero attached hydrogens (tertiary/aromatic N) is 1. The van der Waals surface area contributed by atoms with Crippen LogP contribution in [0.4, 0.5) is 13.2 Å². The Balaban J connectivity index is 3.20. The Morgan fingerprint density at radius 3 is 1.96 bits per heavy atom. The molecule has 3 unspecified atom stereocenters. The van der Waals surface area contributed by atoms with Crippen LogP contribution in [0.2, 0.25) is 0 Å². The predicted molar refractivity (Wildman–Crippen MR) is 90.5 cm³/mol. The number of rotatable bonds is 7. The zero-order valence-corrected chi connectivity index (χ0v) is 16.1. The van der Waals surface area contributed by atoms with E-state index in [4.69, 9.17) is 5.26 Å². The van der Waals surface area contributed by atoms with Gasteiger partial charge in [0.05, 0.1) is 11.0 Å². The molecule has 0 aliphatic carbocycles. The first-order chi connectivity index (χ1) is 11.8. The molecule has 1 aromatic carbocycles. The highest BCUT2D eigenvalue weighted by Gasteiger charge is 2.53. The van der Waals surface area contributed by atoms with Gasteiger partial charge >= 0.3 is 5.51 Å². The second-order valence-electron chi connectivity index (χ2n) is 6.04. The summed E-state index contributed by atoms with van der Waals surface area (Å²) in [5.74, 6) is -0.224. The third-order valence-corrected chi connectivity index (χ3v) is 9.07. The lowest BCUT2D eigenvalue weighted by Gasteiger charge is -2.18. The molecule has 0 bridgehead atoms. The Morgan fingerprint density at radius 1 is 1.08 bits per heavy atom. The van der Waals surface area contributed by atoms with Crippen molar-refractivity contribution >= 4 is 19.7 Å².